The SMILES string of the molecule is CCNC(=NCCc1ccccc1C)NC1CCN(C(=O)C2CCCCC2)C1. The first kappa shape index (κ1) is 20.7. The van der Waals surface area contributed by atoms with Gasteiger partial charge in [0.1, 0.15) is 0 Å². The van der Waals surface area contributed by atoms with Crippen LogP contribution in [0.25, 0.3) is 0 Å². The average molecular weight is 385 g/mol. The molecular formula is C23H36N4O. The summed E-state index contributed by atoms with van der Waals surface area (Å²) in [6.07, 6.45) is 7.82. The highest BCUT2D eigenvalue weighted by Crippen LogP contribution is 2.26. The number of guanidine groups is 1. The van der Waals surface area contributed by atoms with Crippen molar-refractivity contribution in [2.24, 2.45) is 10.9 Å². The number of rotatable bonds is 6. The van der Waals surface area contributed by atoms with Crippen LogP contribution in [-0.4, -0.2) is 49.0 Å². The number of aryl methyl sites for hydroxylation is 1. The Hall–Kier alpha value is -2.04. The predicted octanol–water partition coefficient (Wildman–Crippen LogP) is 3.27. The second kappa shape index (κ2) is 10.5. The number of nitrogens with one attached hydrogen (secondary N) is 2. The molecule has 2 fully saturated rings. The lowest BCUT2D eigenvalue weighted by Gasteiger charge is -2.26. The molecule has 0 bridgehead atoms. The van der Waals surface area contributed by atoms with Gasteiger partial charge in [-0.15, -0.1) is 0 Å². The lowest BCUT2D eigenvalue weighted by atomic mass is 9.88. The quantitative estimate of drug-likeness (QED) is 0.585. The molecule has 1 aromatic carbocycles. The van der Waals surface area contributed by atoms with Crippen LogP contribution < -0.4 is 10.6 Å². The van der Waals surface area contributed by atoms with E-state index >= 15 is 0 Å². The van der Waals surface area contributed by atoms with Gasteiger partial charge in [0.2, 0.25) is 5.91 Å². The Labute approximate surface area is 170 Å². The summed E-state index contributed by atoms with van der Waals surface area (Å²) in [4.78, 5) is 19.6. The van der Waals surface area contributed by atoms with Gasteiger partial charge in [0.05, 0.1) is 0 Å². The molecule has 1 aliphatic carbocycles. The van der Waals surface area contributed by atoms with Gasteiger partial charge in [-0.2, -0.15) is 0 Å². The maximum absolute atomic E-state index is 12.8. The molecule has 1 unspecified atom stereocenters. The molecule has 1 aliphatic heterocycles. The maximum Gasteiger partial charge on any atom is 0.225 e. The van der Waals surface area contributed by atoms with E-state index in [1.165, 1.54) is 30.4 Å². The third-order valence-electron chi connectivity index (χ3n) is 6.05. The average Bonchev–Trinajstić information content (AvgIpc) is 3.18. The van der Waals surface area contributed by atoms with Gasteiger partial charge in [0.15, 0.2) is 5.96 Å². The number of benzene rings is 1. The lowest BCUT2D eigenvalue weighted by molar-refractivity contribution is -0.135. The standard InChI is InChI=1S/C23H36N4O/c1-3-24-23(25-15-13-19-10-8-7-9-18(19)2)26-21-14-16-27(17-21)22(28)20-11-5-4-6-12-20/h7-10,20-21H,3-6,11-17H2,1-2H3,(H2,24,25,26). The van der Waals surface area contributed by atoms with E-state index in [-0.39, 0.29) is 5.92 Å². The van der Waals surface area contributed by atoms with Crippen molar-refractivity contribution in [3.63, 3.8) is 0 Å². The molecule has 28 heavy (non-hydrogen) atoms. The number of nitrogens with zero attached hydrogens (tertiary/aromatic N) is 2. The fraction of sp³-hybridized carbons (Fsp3) is 0.652. The van der Waals surface area contributed by atoms with Gasteiger partial charge in [-0.3, -0.25) is 9.79 Å². The van der Waals surface area contributed by atoms with Crippen LogP contribution >= 0.6 is 0 Å². The van der Waals surface area contributed by atoms with Gasteiger partial charge in [-0.05, 0) is 50.7 Å². The third-order valence-corrected chi connectivity index (χ3v) is 6.05. The van der Waals surface area contributed by atoms with Crippen molar-refractivity contribution in [3.8, 4) is 0 Å². The van der Waals surface area contributed by atoms with Crippen molar-refractivity contribution >= 4 is 11.9 Å². The number of aliphatic imine (C=N–C) groups is 1. The highest BCUT2D eigenvalue weighted by molar-refractivity contribution is 5.81. The van der Waals surface area contributed by atoms with E-state index in [1.54, 1.807) is 0 Å². The Morgan fingerprint density at radius 1 is 1.18 bits per heavy atom. The van der Waals surface area contributed by atoms with Gasteiger partial charge in [-0.25, -0.2) is 0 Å². The maximum atomic E-state index is 12.8. The first-order valence-corrected chi connectivity index (χ1v) is 11.1. The summed E-state index contributed by atoms with van der Waals surface area (Å²) in [5.41, 5.74) is 2.68. The molecule has 0 spiro atoms. The Bertz CT molecular complexity index is 666. The van der Waals surface area contributed by atoms with Crippen molar-refractivity contribution in [1.82, 2.24) is 15.5 Å². The van der Waals surface area contributed by atoms with Crippen LogP contribution in [0, 0.1) is 12.8 Å². The van der Waals surface area contributed by atoms with E-state index in [0.717, 1.165) is 57.8 Å². The topological polar surface area (TPSA) is 56.7 Å². The van der Waals surface area contributed by atoms with Crippen LogP contribution in [0.3, 0.4) is 0 Å². The molecule has 0 aromatic heterocycles. The molecular weight excluding hydrogens is 348 g/mol. The summed E-state index contributed by atoms with van der Waals surface area (Å²) < 4.78 is 0. The first-order chi connectivity index (χ1) is 13.7. The van der Waals surface area contributed by atoms with Gasteiger partial charge in [0.25, 0.3) is 0 Å². The van der Waals surface area contributed by atoms with Crippen molar-refractivity contribution in [2.75, 3.05) is 26.2 Å². The summed E-state index contributed by atoms with van der Waals surface area (Å²) in [7, 11) is 0. The Kier molecular flexibility index (Phi) is 7.75. The monoisotopic (exact) mass is 384 g/mol. The van der Waals surface area contributed by atoms with E-state index in [1.807, 2.05) is 0 Å². The molecule has 3 rings (SSSR count). The zero-order chi connectivity index (χ0) is 19.8. The fourth-order valence-electron chi connectivity index (χ4n) is 4.38. The van der Waals surface area contributed by atoms with Crippen LogP contribution in [0.4, 0.5) is 0 Å². The largest absolute Gasteiger partial charge is 0.357 e. The number of hydrogen-bond donors (Lipinski definition) is 2. The number of amides is 1. The molecule has 5 nitrogen and oxygen atoms in total. The summed E-state index contributed by atoms with van der Waals surface area (Å²) in [6, 6.07) is 8.79. The van der Waals surface area contributed by atoms with Crippen molar-refractivity contribution in [1.29, 1.82) is 0 Å². The lowest BCUT2D eigenvalue weighted by Crippen LogP contribution is -2.45. The van der Waals surface area contributed by atoms with Gasteiger partial charge in [-0.1, -0.05) is 43.5 Å². The smallest absolute Gasteiger partial charge is 0.225 e. The summed E-state index contributed by atoms with van der Waals surface area (Å²) in [5, 5.41) is 6.90. The molecule has 1 heterocycles. The summed E-state index contributed by atoms with van der Waals surface area (Å²) in [6.45, 7) is 7.52. The minimum absolute atomic E-state index is 0.267. The minimum Gasteiger partial charge on any atom is -0.357 e. The van der Waals surface area contributed by atoms with Crippen molar-refractivity contribution in [3.05, 3.63) is 35.4 Å². The summed E-state index contributed by atoms with van der Waals surface area (Å²) in [5.74, 6) is 1.52. The van der Waals surface area contributed by atoms with Crippen molar-refractivity contribution < 1.29 is 4.79 Å². The number of likely N-dealkylation sites (tertiary alicyclic amines) is 1. The fourth-order valence-corrected chi connectivity index (χ4v) is 4.38. The Morgan fingerprint density at radius 2 is 1.96 bits per heavy atom. The number of carbonyl (C=O) groups is 1. The first-order valence-electron chi connectivity index (χ1n) is 11.1. The number of carbonyl (C=O) groups excluding carboxylic acids is 1. The van der Waals surface area contributed by atoms with Crippen LogP contribution in [0.1, 0.15) is 56.6 Å². The molecule has 1 aromatic rings. The van der Waals surface area contributed by atoms with Crippen LogP contribution in [-0.2, 0) is 11.2 Å². The molecule has 154 valence electrons. The van der Waals surface area contributed by atoms with Crippen LogP contribution in [0.5, 0.6) is 0 Å². The van der Waals surface area contributed by atoms with E-state index in [2.05, 4.69) is 53.6 Å². The highest BCUT2D eigenvalue weighted by atomic mass is 16.2. The minimum atomic E-state index is 0.267. The van der Waals surface area contributed by atoms with E-state index in [9.17, 15) is 4.79 Å². The second-order valence-corrected chi connectivity index (χ2v) is 8.19. The molecule has 2 N–H and O–H groups in total. The van der Waals surface area contributed by atoms with Crippen LogP contribution in [0.2, 0.25) is 0 Å². The van der Waals surface area contributed by atoms with Crippen LogP contribution in [0.15, 0.2) is 29.3 Å². The van der Waals surface area contributed by atoms with Gasteiger partial charge < -0.3 is 15.5 Å². The molecule has 1 saturated carbocycles. The normalized spacial score (nSPS) is 21.0. The molecule has 1 atom stereocenters. The van der Waals surface area contributed by atoms with Crippen molar-refractivity contribution in [2.45, 2.75) is 64.8 Å². The second-order valence-electron chi connectivity index (χ2n) is 8.19. The van der Waals surface area contributed by atoms with E-state index < -0.39 is 0 Å². The van der Waals surface area contributed by atoms with Gasteiger partial charge in [0, 0.05) is 38.1 Å². The van der Waals surface area contributed by atoms with E-state index in [0.29, 0.717) is 11.9 Å². The molecule has 2 aliphatic rings. The molecule has 1 saturated heterocycles. The number of hydrogen-bond acceptors (Lipinski definition) is 2. The molecule has 5 heteroatoms. The molecule has 1 amide bonds. The predicted molar refractivity (Wildman–Crippen MR) is 116 cm³/mol. The zero-order valence-electron chi connectivity index (χ0n) is 17.5. The molecule has 0 radical (unpaired) electrons. The third kappa shape index (κ3) is 5.73. The zero-order valence-corrected chi connectivity index (χ0v) is 17.5. The van der Waals surface area contributed by atoms with Gasteiger partial charge >= 0.3 is 0 Å². The Morgan fingerprint density at radius 3 is 2.71 bits per heavy atom. The summed E-state index contributed by atoms with van der Waals surface area (Å²) >= 11 is 0. The Balaban J connectivity index is 1.49. The van der Waals surface area contributed by atoms with E-state index in [4.69, 9.17) is 4.99 Å². The highest BCUT2D eigenvalue weighted by Gasteiger charge is 2.31.